The highest BCUT2D eigenvalue weighted by atomic mass is 35.5. The Kier molecular flexibility index (Phi) is 7.27. The van der Waals surface area contributed by atoms with Crippen LogP contribution in [0.15, 0.2) is 42.6 Å². The van der Waals surface area contributed by atoms with Crippen molar-refractivity contribution in [2.75, 3.05) is 19.6 Å². The summed E-state index contributed by atoms with van der Waals surface area (Å²) in [7, 11) is 0. The number of alkyl halides is 3. The van der Waals surface area contributed by atoms with Gasteiger partial charge in [0, 0.05) is 24.2 Å². The minimum atomic E-state index is -5.15. The van der Waals surface area contributed by atoms with Gasteiger partial charge in [0.05, 0.1) is 12.7 Å². The van der Waals surface area contributed by atoms with E-state index in [9.17, 15) is 22.8 Å². The molecule has 34 heavy (non-hydrogen) atoms. The van der Waals surface area contributed by atoms with Gasteiger partial charge in [-0.3, -0.25) is 9.69 Å². The number of hydrogen-bond donors (Lipinski definition) is 0. The SMILES string of the molecule is O=C(c1ccc(Oc2ccc(Cl)cc2)cn1)N1CCCN(C2CCC2)CC1OC(=O)C(F)(F)F. The number of benzene rings is 1. The van der Waals surface area contributed by atoms with Crippen LogP contribution in [-0.2, 0) is 9.53 Å². The van der Waals surface area contributed by atoms with E-state index in [0.717, 1.165) is 24.2 Å². The van der Waals surface area contributed by atoms with Crippen molar-refractivity contribution in [3.8, 4) is 11.5 Å². The Bertz CT molecular complexity index is 1010. The highest BCUT2D eigenvalue weighted by Crippen LogP contribution is 2.29. The quantitative estimate of drug-likeness (QED) is 0.560. The lowest BCUT2D eigenvalue weighted by Gasteiger charge is -2.38. The fourth-order valence-electron chi connectivity index (χ4n) is 3.94. The van der Waals surface area contributed by atoms with Crippen LogP contribution in [0, 0.1) is 0 Å². The average Bonchev–Trinajstić information content (AvgIpc) is 2.96. The molecule has 182 valence electrons. The molecule has 1 saturated heterocycles. The van der Waals surface area contributed by atoms with Crippen LogP contribution in [-0.4, -0.2) is 64.7 Å². The van der Waals surface area contributed by atoms with Crippen LogP contribution in [0.4, 0.5) is 13.2 Å². The second-order valence-corrected chi connectivity index (χ2v) is 8.66. The first-order valence-electron chi connectivity index (χ1n) is 10.9. The van der Waals surface area contributed by atoms with E-state index in [2.05, 4.69) is 4.98 Å². The molecule has 11 heteroatoms. The van der Waals surface area contributed by atoms with Gasteiger partial charge in [-0.15, -0.1) is 0 Å². The van der Waals surface area contributed by atoms with Gasteiger partial charge in [-0.2, -0.15) is 13.2 Å². The van der Waals surface area contributed by atoms with Crippen molar-refractivity contribution in [2.24, 2.45) is 0 Å². The molecule has 2 heterocycles. The van der Waals surface area contributed by atoms with Gasteiger partial charge in [0.15, 0.2) is 6.23 Å². The third-order valence-electron chi connectivity index (χ3n) is 5.91. The first-order chi connectivity index (χ1) is 16.2. The van der Waals surface area contributed by atoms with Gasteiger partial charge in [-0.1, -0.05) is 18.0 Å². The molecule has 2 aliphatic rings. The summed E-state index contributed by atoms with van der Waals surface area (Å²) < 4.78 is 49.2. The standard InChI is InChI=1S/C23H23ClF3N3O4/c24-15-5-7-17(8-6-15)33-18-9-10-19(28-13-18)21(31)30-12-2-11-29(16-3-1-4-16)14-20(30)34-22(32)23(25,26)27/h5-10,13,16,20H,1-4,11-12,14H2. The predicted octanol–water partition coefficient (Wildman–Crippen LogP) is 4.66. The largest absolute Gasteiger partial charge is 0.491 e. The van der Waals surface area contributed by atoms with E-state index >= 15 is 0 Å². The summed E-state index contributed by atoms with van der Waals surface area (Å²) in [6.07, 6.45) is -1.71. The van der Waals surface area contributed by atoms with Crippen molar-refractivity contribution >= 4 is 23.5 Å². The number of carbonyl (C=O) groups is 2. The number of ether oxygens (including phenoxy) is 2. The minimum Gasteiger partial charge on any atom is -0.456 e. The summed E-state index contributed by atoms with van der Waals surface area (Å²) in [6.45, 7) is 0.772. The van der Waals surface area contributed by atoms with Crippen LogP contribution in [0.2, 0.25) is 5.02 Å². The normalized spacial score (nSPS) is 19.8. The number of nitrogens with zero attached hydrogens (tertiary/aromatic N) is 3. The first-order valence-corrected chi connectivity index (χ1v) is 11.3. The maximum absolute atomic E-state index is 13.2. The summed E-state index contributed by atoms with van der Waals surface area (Å²) in [5.74, 6) is -2.04. The molecule has 1 aromatic heterocycles. The Morgan fingerprint density at radius 1 is 1.00 bits per heavy atom. The van der Waals surface area contributed by atoms with Crippen LogP contribution in [0.5, 0.6) is 11.5 Å². The third-order valence-corrected chi connectivity index (χ3v) is 6.17. The molecule has 7 nitrogen and oxygen atoms in total. The number of aromatic nitrogens is 1. The van der Waals surface area contributed by atoms with Crippen molar-refractivity contribution in [3.63, 3.8) is 0 Å². The number of carbonyl (C=O) groups excluding carboxylic acids is 2. The van der Waals surface area contributed by atoms with Crippen LogP contribution in [0.3, 0.4) is 0 Å². The number of amides is 1. The average molecular weight is 498 g/mol. The predicted molar refractivity (Wildman–Crippen MR) is 117 cm³/mol. The fraction of sp³-hybridized carbons (Fsp3) is 0.435. The van der Waals surface area contributed by atoms with Crippen LogP contribution >= 0.6 is 11.6 Å². The van der Waals surface area contributed by atoms with Crippen molar-refractivity contribution in [2.45, 2.75) is 44.1 Å². The van der Waals surface area contributed by atoms with Gasteiger partial charge < -0.3 is 14.4 Å². The van der Waals surface area contributed by atoms with E-state index < -0.39 is 24.3 Å². The molecule has 0 spiro atoms. The number of halogens is 4. The number of rotatable bonds is 5. The molecule has 1 aliphatic carbocycles. The molecule has 1 aliphatic heterocycles. The molecule has 0 radical (unpaired) electrons. The third kappa shape index (κ3) is 5.79. The Balaban J connectivity index is 1.50. The van der Waals surface area contributed by atoms with Crippen LogP contribution in [0.1, 0.15) is 36.2 Å². The molecule has 2 aromatic rings. The van der Waals surface area contributed by atoms with Gasteiger partial charge in [0.1, 0.15) is 17.2 Å². The molecule has 1 atom stereocenters. The van der Waals surface area contributed by atoms with Crippen molar-refractivity contribution in [3.05, 3.63) is 53.3 Å². The van der Waals surface area contributed by atoms with Crippen molar-refractivity contribution in [1.29, 1.82) is 0 Å². The molecule has 2 fully saturated rings. The van der Waals surface area contributed by atoms with Gasteiger partial charge in [-0.25, -0.2) is 9.78 Å². The Labute approximate surface area is 199 Å². The Morgan fingerprint density at radius 2 is 1.71 bits per heavy atom. The summed E-state index contributed by atoms with van der Waals surface area (Å²) in [6, 6.07) is 9.85. The molecule has 1 aromatic carbocycles. The molecule has 1 amide bonds. The van der Waals surface area contributed by atoms with Gasteiger partial charge in [0.2, 0.25) is 0 Å². The molecule has 0 N–H and O–H groups in total. The van der Waals surface area contributed by atoms with Crippen molar-refractivity contribution in [1.82, 2.24) is 14.8 Å². The van der Waals surface area contributed by atoms with E-state index in [4.69, 9.17) is 21.1 Å². The summed E-state index contributed by atoms with van der Waals surface area (Å²) in [5, 5.41) is 0.556. The highest BCUT2D eigenvalue weighted by molar-refractivity contribution is 6.30. The Hall–Kier alpha value is -2.85. The molecular formula is C23H23ClF3N3O4. The second-order valence-electron chi connectivity index (χ2n) is 8.22. The lowest BCUT2D eigenvalue weighted by molar-refractivity contribution is -0.211. The molecule has 1 saturated carbocycles. The molecule has 1 unspecified atom stereocenters. The smallest absolute Gasteiger partial charge is 0.456 e. The zero-order valence-electron chi connectivity index (χ0n) is 18.1. The fourth-order valence-corrected chi connectivity index (χ4v) is 4.06. The van der Waals surface area contributed by atoms with Gasteiger partial charge in [-0.05, 0) is 55.7 Å². The minimum absolute atomic E-state index is 0.00797. The molecule has 0 bridgehead atoms. The van der Waals surface area contributed by atoms with E-state index in [0.29, 0.717) is 29.5 Å². The maximum atomic E-state index is 13.2. The zero-order chi connectivity index (χ0) is 24.3. The summed E-state index contributed by atoms with van der Waals surface area (Å²) >= 11 is 5.85. The number of hydrogen-bond acceptors (Lipinski definition) is 6. The van der Waals surface area contributed by atoms with Gasteiger partial charge in [0.25, 0.3) is 5.91 Å². The topological polar surface area (TPSA) is 72.0 Å². The summed E-state index contributed by atoms with van der Waals surface area (Å²) in [4.78, 5) is 32.1. The monoisotopic (exact) mass is 497 g/mol. The number of pyridine rings is 1. The van der Waals surface area contributed by atoms with Crippen LogP contribution < -0.4 is 4.74 Å². The first kappa shape index (κ1) is 24.3. The number of esters is 1. The van der Waals surface area contributed by atoms with E-state index in [1.165, 1.54) is 18.3 Å². The van der Waals surface area contributed by atoms with E-state index in [1.54, 1.807) is 24.3 Å². The lowest BCUT2D eigenvalue weighted by Crippen LogP contribution is -2.51. The van der Waals surface area contributed by atoms with Crippen LogP contribution in [0.25, 0.3) is 0 Å². The molecule has 4 rings (SSSR count). The summed E-state index contributed by atoms with van der Waals surface area (Å²) in [5.41, 5.74) is 0.00797. The van der Waals surface area contributed by atoms with E-state index in [-0.39, 0.29) is 24.8 Å². The second kappa shape index (κ2) is 10.2. The molecular weight excluding hydrogens is 475 g/mol. The zero-order valence-corrected chi connectivity index (χ0v) is 18.9. The highest BCUT2D eigenvalue weighted by Gasteiger charge is 2.45. The van der Waals surface area contributed by atoms with Crippen molar-refractivity contribution < 1.29 is 32.2 Å². The van der Waals surface area contributed by atoms with Gasteiger partial charge >= 0.3 is 12.1 Å². The lowest BCUT2D eigenvalue weighted by atomic mass is 9.91. The Morgan fingerprint density at radius 3 is 2.29 bits per heavy atom. The van der Waals surface area contributed by atoms with E-state index in [1.807, 2.05) is 4.90 Å². The maximum Gasteiger partial charge on any atom is 0.491 e.